The van der Waals surface area contributed by atoms with Gasteiger partial charge in [-0.15, -0.1) is 0 Å². The maximum absolute atomic E-state index is 13.9. The second-order valence-electron chi connectivity index (χ2n) is 6.00. The highest BCUT2D eigenvalue weighted by Gasteiger charge is 2.66. The number of methoxy groups -OCH3 is 1. The van der Waals surface area contributed by atoms with Crippen LogP contribution < -0.4 is 15.4 Å². The summed E-state index contributed by atoms with van der Waals surface area (Å²) in [6.07, 6.45) is -10.5. The quantitative estimate of drug-likeness (QED) is 0.347. The van der Waals surface area contributed by atoms with Crippen LogP contribution in [-0.4, -0.2) is 31.0 Å². The molecule has 0 saturated carbocycles. The van der Waals surface area contributed by atoms with Crippen LogP contribution in [0.15, 0.2) is 42.5 Å². The molecule has 2 aromatic rings. The number of esters is 1. The number of hydrogen-bond donors (Lipinski definition) is 2. The van der Waals surface area contributed by atoms with Crippen LogP contribution in [0.1, 0.15) is 5.56 Å². The summed E-state index contributed by atoms with van der Waals surface area (Å²) < 4.78 is 102. The van der Waals surface area contributed by atoms with E-state index >= 15 is 0 Å². The molecule has 6 nitrogen and oxygen atoms in total. The summed E-state index contributed by atoms with van der Waals surface area (Å²) in [5.74, 6) is -3.65. The molecule has 0 radical (unpaired) electrons. The number of carbonyl (C=O) groups excluding carboxylic acids is 2. The van der Waals surface area contributed by atoms with E-state index in [0.717, 1.165) is 30.3 Å². The lowest BCUT2D eigenvalue weighted by Crippen LogP contribution is -2.68. The lowest BCUT2D eigenvalue weighted by Gasteiger charge is -2.33. The number of rotatable bonds is 5. The first-order chi connectivity index (χ1) is 14.7. The topological polar surface area (TPSA) is 76.7 Å². The minimum Gasteiger partial charge on any atom is -0.464 e. The summed E-state index contributed by atoms with van der Waals surface area (Å²) in [5.41, 5.74) is -6.10. The Morgan fingerprint density at radius 1 is 0.969 bits per heavy atom. The minimum atomic E-state index is -5.64. The molecular weight excluding hydrogens is 477 g/mol. The maximum atomic E-state index is 13.9. The highest BCUT2D eigenvalue weighted by Crippen LogP contribution is 2.36. The molecule has 0 bridgehead atoms. The second kappa shape index (κ2) is 9.10. The Morgan fingerprint density at radius 3 is 2.06 bits per heavy atom. The number of anilines is 1. The van der Waals surface area contributed by atoms with E-state index in [-0.39, 0.29) is 0 Å². The normalized spacial score (nSPS) is 13.7. The van der Waals surface area contributed by atoms with E-state index in [1.165, 1.54) is 5.32 Å². The summed E-state index contributed by atoms with van der Waals surface area (Å²) in [7, 11) is 0.570. The summed E-state index contributed by atoms with van der Waals surface area (Å²) >= 11 is 5.70. The summed E-state index contributed by atoms with van der Waals surface area (Å²) in [6, 6.07) is 2.81. The van der Waals surface area contributed by atoms with Gasteiger partial charge in [-0.05, 0) is 42.5 Å². The zero-order chi connectivity index (χ0) is 24.3. The summed E-state index contributed by atoms with van der Waals surface area (Å²) in [4.78, 5) is 24.3. The number of alkyl halides is 6. The van der Waals surface area contributed by atoms with Crippen molar-refractivity contribution < 1.29 is 49.8 Å². The fourth-order valence-electron chi connectivity index (χ4n) is 2.30. The molecule has 0 aliphatic rings. The predicted molar refractivity (Wildman–Crippen MR) is 96.4 cm³/mol. The van der Waals surface area contributed by atoms with E-state index in [1.807, 2.05) is 0 Å². The average molecular weight is 489 g/mol. The van der Waals surface area contributed by atoms with Gasteiger partial charge in [-0.3, -0.25) is 5.32 Å². The molecule has 1 atom stereocenters. The Balaban J connectivity index is 2.42. The van der Waals surface area contributed by atoms with E-state index in [0.29, 0.717) is 19.2 Å². The van der Waals surface area contributed by atoms with E-state index < -0.39 is 57.9 Å². The molecule has 0 saturated heterocycles. The number of hydrogen-bond acceptors (Lipinski definition) is 4. The van der Waals surface area contributed by atoms with Crippen LogP contribution in [0.25, 0.3) is 0 Å². The molecule has 0 spiro atoms. The number of benzene rings is 2. The van der Waals surface area contributed by atoms with Crippen molar-refractivity contribution in [3.05, 3.63) is 58.9 Å². The van der Waals surface area contributed by atoms with Crippen molar-refractivity contribution in [2.24, 2.45) is 0 Å². The second-order valence-corrected chi connectivity index (χ2v) is 6.41. The summed E-state index contributed by atoms with van der Waals surface area (Å²) in [5, 5.41) is 2.47. The number of ether oxygens (including phenoxy) is 2. The highest BCUT2D eigenvalue weighted by atomic mass is 35.5. The van der Waals surface area contributed by atoms with Crippen molar-refractivity contribution in [1.29, 1.82) is 0 Å². The zero-order valence-electron chi connectivity index (χ0n) is 15.7. The van der Waals surface area contributed by atoms with Gasteiger partial charge in [0.25, 0.3) is 0 Å². The van der Waals surface area contributed by atoms with Gasteiger partial charge in [0.2, 0.25) is 0 Å². The van der Waals surface area contributed by atoms with Gasteiger partial charge in [0.05, 0.1) is 23.4 Å². The number of urea groups is 1. The fraction of sp³-hybridized carbons (Fsp3) is 0.222. The van der Waals surface area contributed by atoms with Crippen molar-refractivity contribution in [1.82, 2.24) is 5.32 Å². The molecule has 2 aromatic carbocycles. The first-order valence-electron chi connectivity index (χ1n) is 8.25. The maximum Gasteiger partial charge on any atom is 0.460 e. The zero-order valence-corrected chi connectivity index (χ0v) is 16.5. The molecule has 0 fully saturated rings. The van der Waals surface area contributed by atoms with E-state index in [4.69, 9.17) is 11.6 Å². The van der Waals surface area contributed by atoms with Crippen LogP contribution in [0.5, 0.6) is 5.75 Å². The van der Waals surface area contributed by atoms with Crippen LogP contribution in [0, 0.1) is 5.82 Å². The van der Waals surface area contributed by atoms with Gasteiger partial charge in [-0.1, -0.05) is 11.6 Å². The number of nitrogens with one attached hydrogen (secondary N) is 2. The van der Waals surface area contributed by atoms with Gasteiger partial charge in [0.15, 0.2) is 0 Å². The fourth-order valence-corrected chi connectivity index (χ4v) is 2.46. The first-order valence-corrected chi connectivity index (χ1v) is 8.63. The van der Waals surface area contributed by atoms with Crippen molar-refractivity contribution in [3.63, 3.8) is 0 Å². The van der Waals surface area contributed by atoms with E-state index in [2.05, 4.69) is 9.47 Å². The smallest absolute Gasteiger partial charge is 0.460 e. The molecule has 14 heteroatoms. The molecule has 2 rings (SSSR count). The highest BCUT2D eigenvalue weighted by molar-refractivity contribution is 6.33. The number of halogens is 8. The molecule has 0 unspecified atom stereocenters. The molecule has 174 valence electrons. The summed E-state index contributed by atoms with van der Waals surface area (Å²) in [6.45, 7) is 0. The standard InChI is InChI=1S/C18H12ClF7N2O4/c1-31-14(29)16(18(24,25)26,32-11-5-3-10(20)4-6-11)28-15(30)27-13-8-9(17(21,22)23)2-7-12(13)19/h2-8H,1H3,(H2,27,28,30)/t16-/m1/s1. The van der Waals surface area contributed by atoms with Gasteiger partial charge < -0.3 is 14.8 Å². The molecular formula is C18H12ClF7N2O4. The number of carbonyl (C=O) groups is 2. The van der Waals surface area contributed by atoms with Crippen molar-refractivity contribution in [2.75, 3.05) is 12.4 Å². The molecule has 32 heavy (non-hydrogen) atoms. The molecule has 0 aliphatic heterocycles. The monoisotopic (exact) mass is 488 g/mol. The van der Waals surface area contributed by atoms with Crippen molar-refractivity contribution in [2.45, 2.75) is 18.1 Å². The van der Waals surface area contributed by atoms with Gasteiger partial charge in [-0.2, -0.15) is 26.3 Å². The van der Waals surface area contributed by atoms with Crippen molar-refractivity contribution in [3.8, 4) is 5.75 Å². The molecule has 0 heterocycles. The number of amides is 2. The van der Waals surface area contributed by atoms with Crippen LogP contribution in [0.4, 0.5) is 41.2 Å². The van der Waals surface area contributed by atoms with Crippen LogP contribution in [0.2, 0.25) is 5.02 Å². The lowest BCUT2D eigenvalue weighted by atomic mass is 10.2. The molecule has 0 aromatic heterocycles. The third-order valence-electron chi connectivity index (χ3n) is 3.79. The Kier molecular flexibility index (Phi) is 7.13. The molecule has 0 aliphatic carbocycles. The first kappa shape index (κ1) is 25.0. The SMILES string of the molecule is COC(=O)[C@@](NC(=O)Nc1cc(C(F)(F)F)ccc1Cl)(Oc1ccc(F)cc1)C(F)(F)F. The van der Waals surface area contributed by atoms with Crippen LogP contribution in [0.3, 0.4) is 0 Å². The predicted octanol–water partition coefficient (Wildman–Crippen LogP) is 5.13. The van der Waals surface area contributed by atoms with Gasteiger partial charge >= 0.3 is 30.1 Å². The van der Waals surface area contributed by atoms with Gasteiger partial charge in [0, 0.05) is 0 Å². The molecule has 2 N–H and O–H groups in total. The van der Waals surface area contributed by atoms with E-state index in [9.17, 15) is 40.3 Å². The Hall–Kier alpha value is -3.22. The van der Waals surface area contributed by atoms with Gasteiger partial charge in [0.1, 0.15) is 11.6 Å². The van der Waals surface area contributed by atoms with E-state index in [1.54, 1.807) is 5.32 Å². The van der Waals surface area contributed by atoms with Gasteiger partial charge in [-0.25, -0.2) is 14.0 Å². The van der Waals surface area contributed by atoms with Crippen LogP contribution in [-0.2, 0) is 15.7 Å². The molecule has 2 amide bonds. The third kappa shape index (κ3) is 5.52. The van der Waals surface area contributed by atoms with Crippen molar-refractivity contribution >= 4 is 29.3 Å². The average Bonchev–Trinajstić information content (AvgIpc) is 2.68. The third-order valence-corrected chi connectivity index (χ3v) is 4.12. The Morgan fingerprint density at radius 2 is 1.56 bits per heavy atom. The Bertz CT molecular complexity index is 996. The van der Waals surface area contributed by atoms with Crippen LogP contribution >= 0.6 is 11.6 Å². The lowest BCUT2D eigenvalue weighted by molar-refractivity contribution is -0.258. The minimum absolute atomic E-state index is 0.371. The largest absolute Gasteiger partial charge is 0.464 e. The Labute approximate surface area is 180 Å².